The van der Waals surface area contributed by atoms with E-state index in [-0.39, 0.29) is 48.4 Å². The van der Waals surface area contributed by atoms with Crippen molar-refractivity contribution in [3.63, 3.8) is 0 Å². The second-order valence-corrected chi connectivity index (χ2v) is 27.2. The number of carbonyl (C=O) groups is 3. The molecule has 5 aromatic carbocycles. The SMILES string of the molecule is COc1ccc([Si](C)(C)[C@@H]2[C@@H](CCn3cc(CCO)nn3)O[C@]3(C(=O)N(Cc4ccc(N5CN(c6ccccc6)C6(CCNCC6)C5=O)cc4)c4ccc(N5CN(c6ccccc6)C6(CCNCC6)C5=O)cc43)[C@H]2C)cc1. The second kappa shape index (κ2) is 20.2. The van der Waals surface area contributed by atoms with Gasteiger partial charge in [-0.15, -0.1) is 5.10 Å². The summed E-state index contributed by atoms with van der Waals surface area (Å²) in [5.74, 6) is 0.522. The van der Waals surface area contributed by atoms with Crippen molar-refractivity contribution in [2.45, 2.75) is 100.0 Å². The van der Waals surface area contributed by atoms with Crippen molar-refractivity contribution in [3.8, 4) is 5.75 Å². The van der Waals surface area contributed by atoms with Gasteiger partial charge < -0.3 is 39.9 Å². The van der Waals surface area contributed by atoms with Gasteiger partial charge in [-0.25, -0.2) is 0 Å². The fraction of sp³-hybridized carbons (Fsp3) is 0.417. The smallest absolute Gasteiger partial charge is 0.264 e. The highest BCUT2D eigenvalue weighted by Gasteiger charge is 2.67. The number of aryl methyl sites for hydroxylation is 1. The number of aliphatic hydroxyl groups is 1. The van der Waals surface area contributed by atoms with Gasteiger partial charge in [0.05, 0.1) is 52.6 Å². The Labute approximate surface area is 451 Å². The summed E-state index contributed by atoms with van der Waals surface area (Å²) in [4.78, 5) is 56.4. The first-order chi connectivity index (χ1) is 37.4. The standard InChI is InChI=1S/C60H70N10O6Si/c1-42-54(77(3,4)50-22-20-49(75-2)21-23-50)53(25-35-65-39-44(26-36-71)63-64-65)76-60(42)51-37-48(68-41-70(47-13-9-6-10-14-47)59(56(68)73)29-33-62-34-30-59)19-24-52(51)66(57(60)74)38-43-15-17-45(18-16-43)67-40-69(46-11-7-5-8-12-46)58(55(67)72)27-31-61-32-28-58/h5-24,37,39,42,53-54,61-62,71H,25-36,38,40-41H2,1-4H3/t42-,53+,54-,60+/m0/s1. The third-order valence-electron chi connectivity index (χ3n) is 18.2. The predicted molar refractivity (Wildman–Crippen MR) is 301 cm³/mol. The van der Waals surface area contributed by atoms with E-state index in [4.69, 9.17) is 9.47 Å². The molecule has 17 heteroatoms. The Kier molecular flexibility index (Phi) is 13.3. The molecule has 1 aromatic heterocycles. The minimum atomic E-state index is -2.53. The van der Waals surface area contributed by atoms with Gasteiger partial charge in [-0.2, -0.15) is 0 Å². The molecule has 5 fully saturated rings. The number of carbonyl (C=O) groups excluding carboxylic acids is 3. The lowest BCUT2D eigenvalue weighted by Gasteiger charge is -2.39. The van der Waals surface area contributed by atoms with Gasteiger partial charge in [-0.3, -0.25) is 28.9 Å². The molecule has 0 bridgehead atoms. The van der Waals surface area contributed by atoms with Crippen LogP contribution in [0, 0.1) is 5.92 Å². The van der Waals surface area contributed by atoms with Crippen LogP contribution in [0.5, 0.6) is 5.75 Å². The zero-order chi connectivity index (χ0) is 53.1. The topological polar surface area (TPSA) is 161 Å². The highest BCUT2D eigenvalue weighted by molar-refractivity contribution is 6.91. The molecule has 5 saturated heterocycles. The minimum absolute atomic E-state index is 0.0197. The zero-order valence-electron chi connectivity index (χ0n) is 44.6. The third kappa shape index (κ3) is 8.43. The molecule has 4 atom stereocenters. The third-order valence-corrected chi connectivity index (χ3v) is 22.6. The lowest BCUT2D eigenvalue weighted by Crippen LogP contribution is -2.55. The van der Waals surface area contributed by atoms with E-state index in [0.29, 0.717) is 51.3 Å². The monoisotopic (exact) mass is 1050 g/mol. The Bertz CT molecular complexity index is 3130. The summed E-state index contributed by atoms with van der Waals surface area (Å²) in [6, 6.07) is 43.1. The van der Waals surface area contributed by atoms with E-state index in [1.54, 1.807) is 7.11 Å². The number of amides is 3. The Hall–Kier alpha value is -6.89. The van der Waals surface area contributed by atoms with E-state index in [1.165, 1.54) is 5.19 Å². The number of hydrogen-bond acceptors (Lipinski definition) is 12. The Morgan fingerprint density at radius 3 is 1.86 bits per heavy atom. The van der Waals surface area contributed by atoms with Gasteiger partial charge in [0.15, 0.2) is 5.60 Å². The van der Waals surface area contributed by atoms with Crippen molar-refractivity contribution in [1.29, 1.82) is 0 Å². The molecule has 0 saturated carbocycles. The molecule has 3 spiro atoms. The van der Waals surface area contributed by atoms with Crippen LogP contribution in [0.2, 0.25) is 18.6 Å². The largest absolute Gasteiger partial charge is 0.497 e. The number of ether oxygens (including phenoxy) is 2. The van der Waals surface area contributed by atoms with Gasteiger partial charge >= 0.3 is 0 Å². The number of anilines is 5. The summed E-state index contributed by atoms with van der Waals surface area (Å²) in [5.41, 5.74) is 3.94. The molecule has 0 radical (unpaired) electrons. The van der Waals surface area contributed by atoms with E-state index in [9.17, 15) is 9.90 Å². The fourth-order valence-corrected chi connectivity index (χ4v) is 18.2. The second-order valence-electron chi connectivity index (χ2n) is 22.5. The summed E-state index contributed by atoms with van der Waals surface area (Å²) in [6.07, 6.45) is 5.29. The first-order valence-corrected chi connectivity index (χ1v) is 30.6. The van der Waals surface area contributed by atoms with E-state index in [0.717, 1.165) is 84.3 Å². The minimum Gasteiger partial charge on any atom is -0.497 e. The summed E-state index contributed by atoms with van der Waals surface area (Å²) in [6.45, 7) is 11.5. The number of methoxy groups -OCH3 is 1. The first-order valence-electron chi connectivity index (χ1n) is 27.5. The Morgan fingerprint density at radius 2 is 1.29 bits per heavy atom. The number of aliphatic hydroxyl groups excluding tert-OH is 1. The normalized spacial score (nSPS) is 23.8. The van der Waals surface area contributed by atoms with Gasteiger partial charge in [0.25, 0.3) is 17.7 Å². The predicted octanol–water partition coefficient (Wildman–Crippen LogP) is 6.54. The number of rotatable bonds is 14. The molecular weight excluding hydrogens is 985 g/mol. The average Bonchev–Trinajstić information content (AvgIpc) is 4.29. The van der Waals surface area contributed by atoms with Crippen molar-refractivity contribution in [2.75, 3.05) is 77.7 Å². The number of fused-ring (bicyclic) bond motifs is 2. The van der Waals surface area contributed by atoms with Crippen LogP contribution in [0.3, 0.4) is 0 Å². The van der Waals surface area contributed by atoms with E-state index in [2.05, 4.69) is 93.2 Å². The Balaban J connectivity index is 0.928. The highest BCUT2D eigenvalue weighted by atomic mass is 28.3. The summed E-state index contributed by atoms with van der Waals surface area (Å²) in [5, 5.41) is 26.6. The Morgan fingerprint density at radius 1 is 0.714 bits per heavy atom. The lowest BCUT2D eigenvalue weighted by atomic mass is 9.82. The molecule has 400 valence electrons. The molecule has 0 unspecified atom stereocenters. The average molecular weight is 1060 g/mol. The maximum absolute atomic E-state index is 16.2. The molecule has 12 rings (SSSR count). The maximum Gasteiger partial charge on any atom is 0.264 e. The van der Waals surface area contributed by atoms with Crippen molar-refractivity contribution >= 4 is 59.4 Å². The van der Waals surface area contributed by atoms with Crippen LogP contribution >= 0.6 is 0 Å². The van der Waals surface area contributed by atoms with Crippen LogP contribution < -0.4 is 45.1 Å². The summed E-state index contributed by atoms with van der Waals surface area (Å²) >= 11 is 0. The quantitative estimate of drug-likeness (QED) is 0.101. The van der Waals surface area contributed by atoms with Crippen molar-refractivity contribution in [3.05, 3.63) is 150 Å². The fourth-order valence-electron chi connectivity index (χ4n) is 14.1. The number of nitrogens with zero attached hydrogens (tertiary/aromatic N) is 8. The van der Waals surface area contributed by atoms with E-state index >= 15 is 9.59 Å². The molecule has 3 amide bonds. The molecule has 16 nitrogen and oxygen atoms in total. The molecule has 6 aliphatic heterocycles. The van der Waals surface area contributed by atoms with Gasteiger partial charge in [-0.05, 0) is 136 Å². The van der Waals surface area contributed by atoms with E-state index in [1.807, 2.05) is 111 Å². The van der Waals surface area contributed by atoms with Gasteiger partial charge in [0.1, 0.15) is 16.8 Å². The molecule has 77 heavy (non-hydrogen) atoms. The van der Waals surface area contributed by atoms with Crippen molar-refractivity contribution in [2.24, 2.45) is 5.92 Å². The molecule has 6 aromatic rings. The van der Waals surface area contributed by atoms with Crippen LogP contribution in [0.25, 0.3) is 0 Å². The van der Waals surface area contributed by atoms with Crippen LogP contribution in [0.15, 0.2) is 134 Å². The van der Waals surface area contributed by atoms with Crippen molar-refractivity contribution < 1.29 is 29.0 Å². The van der Waals surface area contributed by atoms with E-state index < -0.39 is 24.8 Å². The number of nitrogens with one attached hydrogen (secondary N) is 2. The molecule has 7 heterocycles. The molecule has 0 aliphatic carbocycles. The highest BCUT2D eigenvalue weighted by Crippen LogP contribution is 2.61. The molecule has 6 aliphatic rings. The summed E-state index contributed by atoms with van der Waals surface area (Å²) in [7, 11) is -0.853. The first kappa shape index (κ1) is 50.9. The number of piperidine rings is 2. The number of benzene rings is 5. The zero-order valence-corrected chi connectivity index (χ0v) is 45.6. The molecule has 3 N–H and O–H groups in total. The van der Waals surface area contributed by atoms with Gasteiger partial charge in [-0.1, -0.05) is 91.1 Å². The number of aromatic nitrogens is 3. The van der Waals surface area contributed by atoms with Gasteiger partial charge in [0.2, 0.25) is 0 Å². The van der Waals surface area contributed by atoms with Crippen molar-refractivity contribution in [1.82, 2.24) is 25.6 Å². The molecular formula is C60H70N10O6Si. The van der Waals surface area contributed by atoms with Crippen LogP contribution in [0.1, 0.15) is 55.8 Å². The van der Waals surface area contributed by atoms with Crippen LogP contribution in [0.4, 0.5) is 28.4 Å². The number of para-hydroxylation sites is 2. The van der Waals surface area contributed by atoms with Crippen LogP contribution in [-0.2, 0) is 44.2 Å². The summed E-state index contributed by atoms with van der Waals surface area (Å²) < 4.78 is 15.1. The lowest BCUT2D eigenvalue weighted by molar-refractivity contribution is -0.146. The van der Waals surface area contributed by atoms with Crippen LogP contribution in [-0.4, -0.2) is 116 Å². The maximum atomic E-state index is 16.2. The van der Waals surface area contributed by atoms with Gasteiger partial charge in [0, 0.05) is 60.0 Å². The number of hydrogen-bond donors (Lipinski definition) is 3.